The maximum atomic E-state index is 9.48. The van der Waals surface area contributed by atoms with Gasteiger partial charge in [0.05, 0.1) is 6.21 Å². The van der Waals surface area contributed by atoms with Gasteiger partial charge in [-0.25, -0.2) is 5.10 Å². The molecular weight excluding hydrogens is 296 g/mol. The van der Waals surface area contributed by atoms with Crippen molar-refractivity contribution in [3.63, 3.8) is 0 Å². The largest absolute Gasteiger partial charge is 0.508 e. The lowest BCUT2D eigenvalue weighted by Gasteiger charge is -2.01. The van der Waals surface area contributed by atoms with Crippen molar-refractivity contribution >= 4 is 18.4 Å². The maximum Gasteiger partial charge on any atom is 0.216 e. The Balaban J connectivity index is 1.99. The second-order valence-electron chi connectivity index (χ2n) is 4.87. The van der Waals surface area contributed by atoms with Gasteiger partial charge in [0, 0.05) is 5.56 Å². The number of aromatic amines is 1. The normalized spacial score (nSPS) is 11.1. The first-order chi connectivity index (χ1) is 10.6. The molecule has 110 valence electrons. The lowest BCUT2D eigenvalue weighted by molar-refractivity contribution is 0.475. The van der Waals surface area contributed by atoms with Gasteiger partial charge in [-0.1, -0.05) is 42.0 Å². The monoisotopic (exact) mass is 310 g/mol. The first-order valence-corrected chi connectivity index (χ1v) is 7.12. The third-order valence-electron chi connectivity index (χ3n) is 3.15. The zero-order valence-corrected chi connectivity index (χ0v) is 12.7. The van der Waals surface area contributed by atoms with Crippen molar-refractivity contribution in [3.05, 3.63) is 64.4 Å². The van der Waals surface area contributed by atoms with Crippen molar-refractivity contribution < 1.29 is 5.11 Å². The fourth-order valence-electron chi connectivity index (χ4n) is 2.02. The van der Waals surface area contributed by atoms with E-state index in [0.717, 1.165) is 11.1 Å². The molecule has 3 rings (SSSR count). The van der Waals surface area contributed by atoms with Crippen LogP contribution in [-0.2, 0) is 0 Å². The second kappa shape index (κ2) is 5.95. The van der Waals surface area contributed by atoms with Gasteiger partial charge in [0.2, 0.25) is 4.77 Å². The van der Waals surface area contributed by atoms with Gasteiger partial charge in [-0.15, -0.1) is 0 Å². The fraction of sp³-hybridized carbons (Fsp3) is 0.0625. The number of hydrogen-bond donors (Lipinski definition) is 2. The van der Waals surface area contributed by atoms with E-state index in [1.165, 1.54) is 5.56 Å². The average Bonchev–Trinajstić information content (AvgIpc) is 2.87. The van der Waals surface area contributed by atoms with Gasteiger partial charge >= 0.3 is 0 Å². The van der Waals surface area contributed by atoms with Crippen LogP contribution in [0.25, 0.3) is 11.4 Å². The van der Waals surface area contributed by atoms with Crippen LogP contribution in [0.2, 0.25) is 0 Å². The highest BCUT2D eigenvalue weighted by Crippen LogP contribution is 2.18. The number of H-pyrrole nitrogens is 1. The number of phenols is 1. The van der Waals surface area contributed by atoms with E-state index in [4.69, 9.17) is 12.2 Å². The minimum atomic E-state index is 0.193. The number of aryl methyl sites for hydroxylation is 1. The topological polar surface area (TPSA) is 66.2 Å². The minimum Gasteiger partial charge on any atom is -0.508 e. The lowest BCUT2D eigenvalue weighted by atomic mass is 10.1. The molecule has 0 saturated heterocycles. The summed E-state index contributed by atoms with van der Waals surface area (Å²) in [5, 5.41) is 20.8. The molecule has 2 aromatic carbocycles. The summed E-state index contributed by atoms with van der Waals surface area (Å²) in [6.45, 7) is 2.03. The van der Waals surface area contributed by atoms with Gasteiger partial charge < -0.3 is 5.11 Å². The molecule has 3 aromatic rings. The molecule has 0 aliphatic carbocycles. The zero-order valence-electron chi connectivity index (χ0n) is 11.9. The molecule has 0 unspecified atom stereocenters. The predicted octanol–water partition coefficient (Wildman–Crippen LogP) is 3.50. The molecule has 0 aliphatic rings. The molecule has 0 radical (unpaired) electrons. The summed E-state index contributed by atoms with van der Waals surface area (Å²) in [6, 6.07) is 14.8. The van der Waals surface area contributed by atoms with Crippen LogP contribution >= 0.6 is 12.2 Å². The summed E-state index contributed by atoms with van der Waals surface area (Å²) in [7, 11) is 0. The van der Waals surface area contributed by atoms with E-state index in [-0.39, 0.29) is 5.75 Å². The average molecular weight is 310 g/mol. The van der Waals surface area contributed by atoms with Crippen LogP contribution in [0.1, 0.15) is 11.1 Å². The van der Waals surface area contributed by atoms with E-state index >= 15 is 0 Å². The zero-order chi connectivity index (χ0) is 15.5. The number of aromatic nitrogens is 3. The number of benzene rings is 2. The van der Waals surface area contributed by atoms with Crippen molar-refractivity contribution in [1.29, 1.82) is 0 Å². The number of rotatable bonds is 3. The molecule has 1 heterocycles. The quantitative estimate of drug-likeness (QED) is 0.575. The van der Waals surface area contributed by atoms with Crippen LogP contribution in [0.3, 0.4) is 0 Å². The first-order valence-electron chi connectivity index (χ1n) is 6.71. The Bertz CT molecular complexity index is 878. The van der Waals surface area contributed by atoms with E-state index < -0.39 is 0 Å². The Hall–Kier alpha value is -2.73. The predicted molar refractivity (Wildman–Crippen MR) is 88.7 cm³/mol. The summed E-state index contributed by atoms with van der Waals surface area (Å²) >= 11 is 5.22. The van der Waals surface area contributed by atoms with Crippen LogP contribution in [0.15, 0.2) is 53.6 Å². The van der Waals surface area contributed by atoms with Gasteiger partial charge in [-0.3, -0.25) is 0 Å². The lowest BCUT2D eigenvalue weighted by Crippen LogP contribution is -1.95. The summed E-state index contributed by atoms with van der Waals surface area (Å²) in [5.41, 5.74) is 2.87. The number of nitrogens with zero attached hydrogens (tertiary/aromatic N) is 3. The molecule has 0 atom stereocenters. The third kappa shape index (κ3) is 2.96. The van der Waals surface area contributed by atoms with E-state index in [0.29, 0.717) is 10.6 Å². The number of nitrogens with one attached hydrogen (secondary N) is 1. The molecule has 0 saturated carbocycles. The van der Waals surface area contributed by atoms with Crippen LogP contribution in [0.4, 0.5) is 0 Å². The molecule has 0 aliphatic heterocycles. The first kappa shape index (κ1) is 14.2. The molecule has 0 spiro atoms. The molecule has 5 nitrogen and oxygen atoms in total. The van der Waals surface area contributed by atoms with Gasteiger partial charge in [-0.2, -0.15) is 14.9 Å². The molecule has 2 N–H and O–H groups in total. The van der Waals surface area contributed by atoms with E-state index in [1.54, 1.807) is 29.1 Å². The Labute approximate surface area is 132 Å². The second-order valence-corrected chi connectivity index (χ2v) is 5.26. The Morgan fingerprint density at radius 1 is 1.23 bits per heavy atom. The molecule has 1 aromatic heterocycles. The summed E-state index contributed by atoms with van der Waals surface area (Å²) in [4.78, 5) is 0. The Morgan fingerprint density at radius 3 is 2.73 bits per heavy atom. The van der Waals surface area contributed by atoms with E-state index in [2.05, 4.69) is 15.3 Å². The van der Waals surface area contributed by atoms with Crippen molar-refractivity contribution in [3.8, 4) is 17.1 Å². The van der Waals surface area contributed by atoms with Gasteiger partial charge in [0.15, 0.2) is 5.82 Å². The molecule has 6 heteroatoms. The summed E-state index contributed by atoms with van der Waals surface area (Å²) in [6.07, 6.45) is 1.63. The molecular formula is C16H14N4OS. The number of hydrogen-bond acceptors (Lipinski definition) is 4. The van der Waals surface area contributed by atoms with Gasteiger partial charge in [0.25, 0.3) is 0 Å². The van der Waals surface area contributed by atoms with Gasteiger partial charge in [0.1, 0.15) is 5.75 Å². The highest BCUT2D eigenvalue weighted by molar-refractivity contribution is 7.71. The summed E-state index contributed by atoms with van der Waals surface area (Å²) in [5.74, 6) is 0.833. The molecule has 0 amide bonds. The fourth-order valence-corrected chi connectivity index (χ4v) is 2.20. The van der Waals surface area contributed by atoms with Crippen molar-refractivity contribution in [2.45, 2.75) is 6.92 Å². The van der Waals surface area contributed by atoms with Crippen LogP contribution < -0.4 is 0 Å². The third-order valence-corrected chi connectivity index (χ3v) is 3.42. The van der Waals surface area contributed by atoms with Crippen LogP contribution in [-0.4, -0.2) is 26.2 Å². The van der Waals surface area contributed by atoms with Gasteiger partial charge in [-0.05, 0) is 36.8 Å². The molecule has 0 bridgehead atoms. The van der Waals surface area contributed by atoms with Crippen LogP contribution in [0, 0.1) is 11.7 Å². The standard InChI is InChI=1S/C16H14N4OS/c1-11-5-7-13(8-6-11)15-18-19-16(22)20(15)17-10-12-3-2-4-14(21)9-12/h2-10,21H,1H3,(H,19,22). The van der Waals surface area contributed by atoms with Crippen LogP contribution in [0.5, 0.6) is 5.75 Å². The Kier molecular flexibility index (Phi) is 3.84. The Morgan fingerprint density at radius 2 is 2.00 bits per heavy atom. The maximum absolute atomic E-state index is 9.48. The van der Waals surface area contributed by atoms with E-state index in [9.17, 15) is 5.11 Å². The summed E-state index contributed by atoms with van der Waals surface area (Å²) < 4.78 is 1.97. The van der Waals surface area contributed by atoms with Crippen molar-refractivity contribution in [2.24, 2.45) is 5.10 Å². The number of phenolic OH excluding ortho intramolecular Hbond substituents is 1. The van der Waals surface area contributed by atoms with E-state index in [1.807, 2.05) is 37.3 Å². The number of aromatic hydroxyl groups is 1. The molecule has 22 heavy (non-hydrogen) atoms. The van der Waals surface area contributed by atoms with Crippen molar-refractivity contribution in [2.75, 3.05) is 0 Å². The highest BCUT2D eigenvalue weighted by Gasteiger charge is 2.07. The van der Waals surface area contributed by atoms with Crippen molar-refractivity contribution in [1.82, 2.24) is 14.9 Å². The smallest absolute Gasteiger partial charge is 0.216 e. The molecule has 0 fully saturated rings. The minimum absolute atomic E-state index is 0.193. The SMILES string of the molecule is Cc1ccc(-c2n[nH]c(=S)n2N=Cc2cccc(O)c2)cc1. The highest BCUT2D eigenvalue weighted by atomic mass is 32.1.